The van der Waals surface area contributed by atoms with Crippen LogP contribution in [0.15, 0.2) is 35.8 Å². The second-order valence-electron chi connectivity index (χ2n) is 5.77. The molecule has 0 fully saturated rings. The third-order valence-corrected chi connectivity index (χ3v) is 4.69. The summed E-state index contributed by atoms with van der Waals surface area (Å²) in [6, 6.07) is 6.49. The van der Waals surface area contributed by atoms with Crippen molar-refractivity contribution in [2.75, 3.05) is 0 Å². The minimum absolute atomic E-state index is 0.0321. The van der Waals surface area contributed by atoms with E-state index in [9.17, 15) is 4.79 Å². The van der Waals surface area contributed by atoms with Gasteiger partial charge in [0.25, 0.3) is 0 Å². The highest BCUT2D eigenvalue weighted by Gasteiger charge is 2.09. The standard InChI is InChI=1S/C18H24N2OS/c1-5-7-8-17(21)19-18-20(11-6-2)15-10-9-14(13(3)4)12-16(15)22-18/h6,9-10,12-13H,2,5,7-8,11H2,1,3-4H3. The number of amides is 1. The fourth-order valence-electron chi connectivity index (χ4n) is 2.33. The maximum Gasteiger partial charge on any atom is 0.248 e. The van der Waals surface area contributed by atoms with Gasteiger partial charge in [-0.15, -0.1) is 6.58 Å². The lowest BCUT2D eigenvalue weighted by atomic mass is 10.0. The maximum absolute atomic E-state index is 12.0. The second-order valence-corrected chi connectivity index (χ2v) is 6.78. The van der Waals surface area contributed by atoms with Crippen LogP contribution in [0.25, 0.3) is 10.2 Å². The average molecular weight is 316 g/mol. The SMILES string of the molecule is C=CCn1c(=NC(=O)CCCC)sc2cc(C(C)C)ccc21. The van der Waals surface area contributed by atoms with Gasteiger partial charge in [0, 0.05) is 13.0 Å². The van der Waals surface area contributed by atoms with Crippen molar-refractivity contribution in [2.24, 2.45) is 4.99 Å². The molecule has 3 nitrogen and oxygen atoms in total. The lowest BCUT2D eigenvalue weighted by molar-refractivity contribution is -0.118. The van der Waals surface area contributed by atoms with Crippen molar-refractivity contribution >= 4 is 27.5 Å². The molecular weight excluding hydrogens is 292 g/mol. The molecule has 4 heteroatoms. The number of rotatable bonds is 6. The molecule has 1 heterocycles. The molecule has 22 heavy (non-hydrogen) atoms. The third-order valence-electron chi connectivity index (χ3n) is 3.65. The molecule has 0 radical (unpaired) electrons. The van der Waals surface area contributed by atoms with Gasteiger partial charge < -0.3 is 4.57 Å². The van der Waals surface area contributed by atoms with Gasteiger partial charge in [0.05, 0.1) is 10.2 Å². The van der Waals surface area contributed by atoms with Crippen molar-refractivity contribution in [3.05, 3.63) is 41.2 Å². The number of aromatic nitrogens is 1. The van der Waals surface area contributed by atoms with Crippen molar-refractivity contribution in [3.63, 3.8) is 0 Å². The molecule has 0 unspecified atom stereocenters. The second kappa shape index (κ2) is 7.54. The number of nitrogens with zero attached hydrogens (tertiary/aromatic N) is 2. The number of hydrogen-bond acceptors (Lipinski definition) is 2. The molecule has 0 N–H and O–H groups in total. The summed E-state index contributed by atoms with van der Waals surface area (Å²) in [5.41, 5.74) is 2.43. The highest BCUT2D eigenvalue weighted by atomic mass is 32.1. The molecule has 0 atom stereocenters. The Morgan fingerprint density at radius 2 is 2.23 bits per heavy atom. The number of carbonyl (C=O) groups excluding carboxylic acids is 1. The van der Waals surface area contributed by atoms with E-state index in [4.69, 9.17) is 0 Å². The Labute approximate surface area is 136 Å². The van der Waals surface area contributed by atoms with Crippen molar-refractivity contribution in [3.8, 4) is 0 Å². The fraction of sp³-hybridized carbons (Fsp3) is 0.444. The Balaban J connectivity index is 2.52. The maximum atomic E-state index is 12.0. The molecule has 0 aliphatic carbocycles. The predicted molar refractivity (Wildman–Crippen MR) is 94.2 cm³/mol. The first-order chi connectivity index (χ1) is 10.6. The van der Waals surface area contributed by atoms with Crippen molar-refractivity contribution in [1.29, 1.82) is 0 Å². The van der Waals surface area contributed by atoms with E-state index in [0.29, 0.717) is 18.9 Å². The van der Waals surface area contributed by atoms with Gasteiger partial charge in [-0.1, -0.05) is 50.7 Å². The summed E-state index contributed by atoms with van der Waals surface area (Å²) < 4.78 is 3.25. The Hall–Kier alpha value is -1.68. The van der Waals surface area contributed by atoms with Crippen LogP contribution in [0.1, 0.15) is 51.5 Å². The Morgan fingerprint density at radius 1 is 1.45 bits per heavy atom. The third kappa shape index (κ3) is 3.74. The summed E-state index contributed by atoms with van der Waals surface area (Å²) in [5, 5.41) is 0. The summed E-state index contributed by atoms with van der Waals surface area (Å²) in [6.45, 7) is 10.9. The van der Waals surface area contributed by atoms with E-state index in [1.54, 1.807) is 11.3 Å². The number of allylic oxidation sites excluding steroid dienone is 1. The summed E-state index contributed by atoms with van der Waals surface area (Å²) in [5.74, 6) is 0.459. The fourth-order valence-corrected chi connectivity index (χ4v) is 3.44. The van der Waals surface area contributed by atoms with Crippen LogP contribution < -0.4 is 4.80 Å². The molecule has 0 bridgehead atoms. The summed E-state index contributed by atoms with van der Waals surface area (Å²) in [4.78, 5) is 17.1. The number of carbonyl (C=O) groups is 1. The molecule has 0 saturated heterocycles. The van der Waals surface area contributed by atoms with Crippen molar-refractivity contribution in [2.45, 2.75) is 52.5 Å². The molecule has 0 spiro atoms. The quantitative estimate of drug-likeness (QED) is 0.715. The molecule has 0 aliphatic heterocycles. The van der Waals surface area contributed by atoms with E-state index in [-0.39, 0.29) is 5.91 Å². The Bertz CT molecular complexity index is 737. The largest absolute Gasteiger partial charge is 0.313 e. The van der Waals surface area contributed by atoms with Gasteiger partial charge in [-0.05, 0) is 30.0 Å². The minimum atomic E-state index is -0.0321. The Morgan fingerprint density at radius 3 is 2.86 bits per heavy atom. The summed E-state index contributed by atoms with van der Waals surface area (Å²) >= 11 is 1.58. The first-order valence-electron chi connectivity index (χ1n) is 7.88. The van der Waals surface area contributed by atoms with Gasteiger partial charge in [-0.3, -0.25) is 4.79 Å². The van der Waals surface area contributed by atoms with Crippen LogP contribution >= 0.6 is 11.3 Å². The molecule has 2 aromatic rings. The van der Waals surface area contributed by atoms with Gasteiger partial charge in [-0.2, -0.15) is 4.99 Å². The van der Waals surface area contributed by atoms with E-state index in [1.807, 2.05) is 6.08 Å². The van der Waals surface area contributed by atoms with Crippen molar-refractivity contribution < 1.29 is 4.79 Å². The highest BCUT2D eigenvalue weighted by Crippen LogP contribution is 2.23. The number of thiazole rings is 1. The van der Waals surface area contributed by atoms with E-state index in [2.05, 4.69) is 55.1 Å². The van der Waals surface area contributed by atoms with Crippen molar-refractivity contribution in [1.82, 2.24) is 4.57 Å². The zero-order valence-corrected chi connectivity index (χ0v) is 14.4. The Kier molecular flexibility index (Phi) is 5.72. The molecular formula is C18H24N2OS. The predicted octanol–water partition coefficient (Wildman–Crippen LogP) is 4.63. The van der Waals surface area contributed by atoms with Gasteiger partial charge >= 0.3 is 0 Å². The molecule has 0 saturated carbocycles. The topological polar surface area (TPSA) is 34.4 Å². The van der Waals surface area contributed by atoms with E-state index < -0.39 is 0 Å². The van der Waals surface area contributed by atoms with E-state index in [1.165, 1.54) is 10.3 Å². The van der Waals surface area contributed by atoms with Crippen LogP contribution in [0.5, 0.6) is 0 Å². The van der Waals surface area contributed by atoms with Crippen LogP contribution in [-0.4, -0.2) is 10.5 Å². The summed E-state index contributed by atoms with van der Waals surface area (Å²) in [6.07, 6.45) is 4.28. The number of benzene rings is 1. The van der Waals surface area contributed by atoms with Gasteiger partial charge in [0.15, 0.2) is 4.80 Å². The number of fused-ring (bicyclic) bond motifs is 1. The van der Waals surface area contributed by atoms with Gasteiger partial charge in [-0.25, -0.2) is 0 Å². The minimum Gasteiger partial charge on any atom is -0.313 e. The zero-order valence-electron chi connectivity index (χ0n) is 13.6. The van der Waals surface area contributed by atoms with Gasteiger partial charge in [0.2, 0.25) is 5.91 Å². The van der Waals surface area contributed by atoms with E-state index >= 15 is 0 Å². The average Bonchev–Trinajstić information content (AvgIpc) is 2.82. The lowest BCUT2D eigenvalue weighted by Crippen LogP contribution is -2.16. The number of unbranched alkanes of at least 4 members (excludes halogenated alkanes) is 1. The van der Waals surface area contributed by atoms with Crippen LogP contribution in [0.3, 0.4) is 0 Å². The van der Waals surface area contributed by atoms with Gasteiger partial charge in [0.1, 0.15) is 0 Å². The molecule has 1 aromatic carbocycles. The first kappa shape index (κ1) is 16.7. The highest BCUT2D eigenvalue weighted by molar-refractivity contribution is 7.16. The summed E-state index contributed by atoms with van der Waals surface area (Å²) in [7, 11) is 0. The molecule has 1 amide bonds. The van der Waals surface area contributed by atoms with Crippen LogP contribution in [0.4, 0.5) is 0 Å². The molecule has 1 aromatic heterocycles. The molecule has 2 rings (SSSR count). The monoisotopic (exact) mass is 316 g/mol. The van der Waals surface area contributed by atoms with Crippen LogP contribution in [0.2, 0.25) is 0 Å². The molecule has 118 valence electrons. The number of hydrogen-bond donors (Lipinski definition) is 0. The zero-order chi connectivity index (χ0) is 16.1. The van der Waals surface area contributed by atoms with Crippen LogP contribution in [0, 0.1) is 0 Å². The molecule has 0 aliphatic rings. The first-order valence-corrected chi connectivity index (χ1v) is 8.70. The van der Waals surface area contributed by atoms with Crippen LogP contribution in [-0.2, 0) is 11.3 Å². The lowest BCUT2D eigenvalue weighted by Gasteiger charge is -2.05. The normalized spacial score (nSPS) is 12.3. The smallest absolute Gasteiger partial charge is 0.248 e. The van der Waals surface area contributed by atoms with E-state index in [0.717, 1.165) is 23.2 Å².